The van der Waals surface area contributed by atoms with Gasteiger partial charge in [0, 0.05) is 30.3 Å². The molecule has 1 aliphatic rings. The molecule has 1 aliphatic carbocycles. The number of rotatable bonds is 6. The number of hydrogen-bond donors (Lipinski definition) is 1. The average Bonchev–Trinajstić information content (AvgIpc) is 2.48. The summed E-state index contributed by atoms with van der Waals surface area (Å²) in [5.74, 6) is 0.667. The van der Waals surface area contributed by atoms with E-state index in [2.05, 4.69) is 49.3 Å². The van der Waals surface area contributed by atoms with Crippen LogP contribution in [0.25, 0.3) is 0 Å². The Balaban J connectivity index is 1.97. The third-order valence-corrected chi connectivity index (χ3v) is 4.79. The number of nitrogens with zero attached hydrogens (tertiary/aromatic N) is 1. The summed E-state index contributed by atoms with van der Waals surface area (Å²) in [6, 6.07) is 7.19. The molecule has 1 fully saturated rings. The smallest absolute Gasteiger partial charge is 0.0471 e. The molecule has 0 unspecified atom stereocenters. The molecule has 0 spiro atoms. The predicted molar refractivity (Wildman–Crippen MR) is 93.3 cm³/mol. The molecular weight excluding hydrogens is 280 g/mol. The Labute approximate surface area is 134 Å². The maximum absolute atomic E-state index is 6.46. The Morgan fingerprint density at radius 2 is 1.95 bits per heavy atom. The Morgan fingerprint density at radius 1 is 1.24 bits per heavy atom. The zero-order valence-electron chi connectivity index (χ0n) is 13.7. The van der Waals surface area contributed by atoms with Gasteiger partial charge in [-0.05, 0) is 43.0 Å². The molecule has 0 atom stereocenters. The largest absolute Gasteiger partial charge is 0.372 e. The van der Waals surface area contributed by atoms with Crippen LogP contribution in [0.2, 0.25) is 5.02 Å². The zero-order valence-corrected chi connectivity index (χ0v) is 14.4. The van der Waals surface area contributed by atoms with Crippen molar-refractivity contribution in [2.45, 2.75) is 58.5 Å². The molecule has 118 valence electrons. The summed E-state index contributed by atoms with van der Waals surface area (Å²) < 4.78 is 0. The van der Waals surface area contributed by atoms with Gasteiger partial charge in [0.25, 0.3) is 0 Å². The lowest BCUT2D eigenvalue weighted by Gasteiger charge is -2.33. The van der Waals surface area contributed by atoms with Crippen LogP contribution in [0.4, 0.5) is 5.69 Å². The highest BCUT2D eigenvalue weighted by Crippen LogP contribution is 2.29. The van der Waals surface area contributed by atoms with Crippen LogP contribution in [0, 0.1) is 5.92 Å². The van der Waals surface area contributed by atoms with E-state index in [4.69, 9.17) is 11.6 Å². The number of anilines is 1. The summed E-state index contributed by atoms with van der Waals surface area (Å²) in [6.45, 7) is 6.32. The predicted octanol–water partition coefficient (Wildman–Crippen LogP) is 4.85. The van der Waals surface area contributed by atoms with Gasteiger partial charge in [0.15, 0.2) is 0 Å². The van der Waals surface area contributed by atoms with Gasteiger partial charge < -0.3 is 10.2 Å². The van der Waals surface area contributed by atoms with E-state index in [1.165, 1.54) is 43.4 Å². The molecule has 1 aromatic carbocycles. The first kappa shape index (κ1) is 16.6. The molecule has 1 aromatic rings. The molecule has 1 N–H and O–H groups in total. The van der Waals surface area contributed by atoms with E-state index in [9.17, 15) is 0 Å². The van der Waals surface area contributed by atoms with Gasteiger partial charge in [-0.2, -0.15) is 0 Å². The van der Waals surface area contributed by atoms with Crippen molar-refractivity contribution in [3.8, 4) is 0 Å². The van der Waals surface area contributed by atoms with Crippen LogP contribution in [0.5, 0.6) is 0 Å². The lowest BCUT2D eigenvalue weighted by molar-refractivity contribution is 0.427. The van der Waals surface area contributed by atoms with E-state index in [0.29, 0.717) is 12.0 Å². The molecule has 0 bridgehead atoms. The van der Waals surface area contributed by atoms with Crippen molar-refractivity contribution in [2.75, 3.05) is 18.5 Å². The number of nitrogens with one attached hydrogen (secondary N) is 1. The third-order valence-electron chi connectivity index (χ3n) is 4.43. The Kier molecular flexibility index (Phi) is 6.38. The van der Waals surface area contributed by atoms with Crippen molar-refractivity contribution in [1.29, 1.82) is 0 Å². The van der Waals surface area contributed by atoms with Crippen molar-refractivity contribution in [1.82, 2.24) is 5.32 Å². The third kappa shape index (κ3) is 4.89. The Bertz CT molecular complexity index is 439. The molecule has 0 saturated heterocycles. The first-order valence-electron chi connectivity index (χ1n) is 8.30. The quantitative estimate of drug-likeness (QED) is 0.807. The van der Waals surface area contributed by atoms with E-state index < -0.39 is 0 Å². The van der Waals surface area contributed by atoms with Crippen molar-refractivity contribution in [3.63, 3.8) is 0 Å². The van der Waals surface area contributed by atoms with Crippen molar-refractivity contribution in [3.05, 3.63) is 28.8 Å². The Morgan fingerprint density at radius 3 is 2.57 bits per heavy atom. The van der Waals surface area contributed by atoms with Gasteiger partial charge >= 0.3 is 0 Å². The number of hydrogen-bond acceptors (Lipinski definition) is 2. The topological polar surface area (TPSA) is 15.3 Å². The molecule has 0 radical (unpaired) electrons. The van der Waals surface area contributed by atoms with Crippen molar-refractivity contribution < 1.29 is 0 Å². The molecule has 3 heteroatoms. The minimum Gasteiger partial charge on any atom is -0.372 e. The minimum atomic E-state index is 0.667. The first-order chi connectivity index (χ1) is 10.1. The second-order valence-corrected chi connectivity index (χ2v) is 7.11. The first-order valence-corrected chi connectivity index (χ1v) is 8.67. The monoisotopic (exact) mass is 308 g/mol. The number of halogens is 1. The highest BCUT2D eigenvalue weighted by molar-refractivity contribution is 6.31. The minimum absolute atomic E-state index is 0.667. The van der Waals surface area contributed by atoms with Crippen LogP contribution in [0.1, 0.15) is 51.5 Å². The molecule has 2 nitrogen and oxygen atoms in total. The Hall–Kier alpha value is -0.730. The lowest BCUT2D eigenvalue weighted by atomic mass is 9.94. The average molecular weight is 309 g/mol. The number of benzene rings is 1. The van der Waals surface area contributed by atoms with Gasteiger partial charge in [0.1, 0.15) is 0 Å². The molecule has 0 heterocycles. The van der Waals surface area contributed by atoms with Gasteiger partial charge in [0.05, 0.1) is 0 Å². The lowest BCUT2D eigenvalue weighted by Crippen LogP contribution is -2.33. The second kappa shape index (κ2) is 8.05. The van der Waals surface area contributed by atoms with Crippen molar-refractivity contribution in [2.24, 2.45) is 5.92 Å². The van der Waals surface area contributed by atoms with Crippen LogP contribution >= 0.6 is 11.6 Å². The van der Waals surface area contributed by atoms with Crippen LogP contribution in [-0.2, 0) is 6.54 Å². The molecule has 0 aromatic heterocycles. The fourth-order valence-corrected chi connectivity index (χ4v) is 3.32. The molecule has 0 aliphatic heterocycles. The molecule has 21 heavy (non-hydrogen) atoms. The normalized spacial score (nSPS) is 16.4. The standard InChI is InChI=1S/C18H29ClN2/c1-14(2)12-20-13-15-9-10-17(11-18(15)19)21(3)16-7-5-4-6-8-16/h9-11,14,16,20H,4-8,12-13H2,1-3H3. The molecule has 1 saturated carbocycles. The molecule has 2 rings (SSSR count). The van der Waals surface area contributed by atoms with Crippen LogP contribution < -0.4 is 10.2 Å². The maximum Gasteiger partial charge on any atom is 0.0471 e. The van der Waals surface area contributed by atoms with Gasteiger partial charge in [0.2, 0.25) is 0 Å². The van der Waals surface area contributed by atoms with Crippen LogP contribution in [-0.4, -0.2) is 19.6 Å². The van der Waals surface area contributed by atoms with E-state index >= 15 is 0 Å². The summed E-state index contributed by atoms with van der Waals surface area (Å²) in [5, 5.41) is 4.34. The summed E-state index contributed by atoms with van der Waals surface area (Å²) in [6.07, 6.45) is 6.74. The molecular formula is C18H29ClN2. The summed E-state index contributed by atoms with van der Waals surface area (Å²) in [5.41, 5.74) is 2.44. The summed E-state index contributed by atoms with van der Waals surface area (Å²) in [4.78, 5) is 2.41. The highest BCUT2D eigenvalue weighted by atomic mass is 35.5. The fraction of sp³-hybridized carbons (Fsp3) is 0.667. The van der Waals surface area contributed by atoms with E-state index in [1.54, 1.807) is 0 Å². The van der Waals surface area contributed by atoms with E-state index in [1.807, 2.05) is 0 Å². The van der Waals surface area contributed by atoms with Gasteiger partial charge in [-0.3, -0.25) is 0 Å². The van der Waals surface area contributed by atoms with E-state index in [-0.39, 0.29) is 0 Å². The summed E-state index contributed by atoms with van der Waals surface area (Å²) in [7, 11) is 2.21. The zero-order chi connectivity index (χ0) is 15.2. The maximum atomic E-state index is 6.46. The van der Waals surface area contributed by atoms with Crippen LogP contribution in [0.3, 0.4) is 0 Å². The molecule has 0 amide bonds. The van der Waals surface area contributed by atoms with E-state index in [0.717, 1.165) is 18.1 Å². The SMILES string of the molecule is CC(C)CNCc1ccc(N(C)C2CCCCC2)cc1Cl. The van der Waals surface area contributed by atoms with Crippen molar-refractivity contribution >= 4 is 17.3 Å². The van der Waals surface area contributed by atoms with Gasteiger partial charge in [-0.1, -0.05) is 50.8 Å². The fourth-order valence-electron chi connectivity index (χ4n) is 3.07. The second-order valence-electron chi connectivity index (χ2n) is 6.70. The highest BCUT2D eigenvalue weighted by Gasteiger charge is 2.18. The van der Waals surface area contributed by atoms with Crippen LogP contribution in [0.15, 0.2) is 18.2 Å². The van der Waals surface area contributed by atoms with Gasteiger partial charge in [-0.15, -0.1) is 0 Å². The summed E-state index contributed by atoms with van der Waals surface area (Å²) >= 11 is 6.46. The van der Waals surface area contributed by atoms with Gasteiger partial charge in [-0.25, -0.2) is 0 Å².